The molecule has 1 amide bonds. The third kappa shape index (κ3) is 6.42. The van der Waals surface area contributed by atoms with E-state index in [0.717, 1.165) is 12.8 Å². The van der Waals surface area contributed by atoms with Crippen LogP contribution in [0.15, 0.2) is 0 Å². The lowest BCUT2D eigenvalue weighted by molar-refractivity contribution is -0.140. The van der Waals surface area contributed by atoms with Crippen molar-refractivity contribution in [2.75, 3.05) is 6.61 Å². The van der Waals surface area contributed by atoms with Crippen LogP contribution in [-0.2, 0) is 14.3 Å². The summed E-state index contributed by atoms with van der Waals surface area (Å²) < 4.78 is 10.5. The summed E-state index contributed by atoms with van der Waals surface area (Å²) in [5, 5.41) is 11.4. The summed E-state index contributed by atoms with van der Waals surface area (Å²) in [6.07, 6.45) is 3.03. The Morgan fingerprint density at radius 2 is 2.00 bits per heavy atom. The van der Waals surface area contributed by atoms with E-state index in [9.17, 15) is 9.59 Å². The second kappa shape index (κ2) is 6.75. The van der Waals surface area contributed by atoms with Gasteiger partial charge in [-0.3, -0.25) is 0 Å². The van der Waals surface area contributed by atoms with Crippen LogP contribution < -0.4 is 5.32 Å². The molecule has 19 heavy (non-hydrogen) atoms. The fourth-order valence-electron chi connectivity index (χ4n) is 1.60. The maximum Gasteiger partial charge on any atom is 0.408 e. The molecule has 0 aromatic carbocycles. The molecule has 1 atom stereocenters. The van der Waals surface area contributed by atoms with Crippen molar-refractivity contribution >= 4 is 12.1 Å². The van der Waals surface area contributed by atoms with Crippen LogP contribution in [0.4, 0.5) is 4.79 Å². The molecule has 1 unspecified atom stereocenters. The lowest BCUT2D eigenvalue weighted by atomic mass is 9.96. The highest BCUT2D eigenvalue weighted by Crippen LogP contribution is 2.22. The molecule has 1 rings (SSSR count). The summed E-state index contributed by atoms with van der Waals surface area (Å²) in [5.74, 6) is -1.08. The van der Waals surface area contributed by atoms with Crippen LogP contribution >= 0.6 is 0 Å². The molecule has 0 bridgehead atoms. The van der Waals surface area contributed by atoms with Gasteiger partial charge in [-0.2, -0.15) is 0 Å². The van der Waals surface area contributed by atoms with E-state index in [4.69, 9.17) is 14.6 Å². The quantitative estimate of drug-likeness (QED) is 0.772. The molecule has 0 radical (unpaired) electrons. The molecular weight excluding hydrogens is 250 g/mol. The average molecular weight is 273 g/mol. The summed E-state index contributed by atoms with van der Waals surface area (Å²) in [5.41, 5.74) is -0.643. The average Bonchev–Trinajstić information content (AvgIpc) is 2.16. The fraction of sp³-hybridized carbons (Fsp3) is 0.846. The molecule has 1 aliphatic carbocycles. The second-order valence-electron chi connectivity index (χ2n) is 5.75. The van der Waals surface area contributed by atoms with E-state index in [1.54, 1.807) is 20.8 Å². The van der Waals surface area contributed by atoms with Crippen LogP contribution in [0.25, 0.3) is 0 Å². The summed E-state index contributed by atoms with van der Waals surface area (Å²) in [6, 6.07) is -0.977. The van der Waals surface area contributed by atoms with E-state index >= 15 is 0 Å². The van der Waals surface area contributed by atoms with Crippen molar-refractivity contribution in [2.24, 2.45) is 0 Å². The minimum absolute atomic E-state index is 0.241. The molecule has 2 N–H and O–H groups in total. The van der Waals surface area contributed by atoms with Gasteiger partial charge < -0.3 is 19.9 Å². The normalized spacial score (nSPS) is 17.4. The highest BCUT2D eigenvalue weighted by atomic mass is 16.6. The van der Waals surface area contributed by atoms with Crippen molar-refractivity contribution in [1.82, 2.24) is 5.32 Å². The van der Waals surface area contributed by atoms with Crippen molar-refractivity contribution in [1.29, 1.82) is 0 Å². The maximum absolute atomic E-state index is 11.5. The predicted molar refractivity (Wildman–Crippen MR) is 69.0 cm³/mol. The summed E-state index contributed by atoms with van der Waals surface area (Å²) in [7, 11) is 0. The number of carboxylic acids is 1. The first-order chi connectivity index (χ1) is 8.78. The van der Waals surface area contributed by atoms with Gasteiger partial charge in [0.2, 0.25) is 0 Å². The van der Waals surface area contributed by atoms with E-state index in [2.05, 4.69) is 5.32 Å². The Morgan fingerprint density at radius 3 is 2.42 bits per heavy atom. The standard InChI is InChI=1S/C13H23NO5/c1-13(2,3)19-12(17)14-10(11(15)16)7-8-18-9-5-4-6-9/h9-10H,4-8H2,1-3H3,(H,14,17)(H,15,16). The van der Waals surface area contributed by atoms with Crippen LogP contribution in [0.5, 0.6) is 0 Å². The Morgan fingerprint density at radius 1 is 1.37 bits per heavy atom. The molecule has 1 saturated carbocycles. The smallest absolute Gasteiger partial charge is 0.408 e. The zero-order valence-corrected chi connectivity index (χ0v) is 11.8. The summed E-state index contributed by atoms with van der Waals surface area (Å²) >= 11 is 0. The highest BCUT2D eigenvalue weighted by molar-refractivity contribution is 5.79. The van der Waals surface area contributed by atoms with Gasteiger partial charge in [-0.25, -0.2) is 9.59 Å². The number of hydrogen-bond donors (Lipinski definition) is 2. The lowest BCUT2D eigenvalue weighted by Gasteiger charge is -2.26. The molecule has 0 aliphatic heterocycles. The Bertz CT molecular complexity index is 319. The molecule has 6 heteroatoms. The van der Waals surface area contributed by atoms with Crippen molar-refractivity contribution in [2.45, 2.75) is 64.2 Å². The Kier molecular flexibility index (Phi) is 5.60. The molecule has 0 heterocycles. The number of ether oxygens (including phenoxy) is 2. The van der Waals surface area contributed by atoms with Gasteiger partial charge in [0, 0.05) is 13.0 Å². The fourth-order valence-corrected chi connectivity index (χ4v) is 1.60. The van der Waals surface area contributed by atoms with E-state index in [1.807, 2.05) is 0 Å². The van der Waals surface area contributed by atoms with Gasteiger partial charge in [0.15, 0.2) is 0 Å². The number of carbonyl (C=O) groups excluding carboxylic acids is 1. The zero-order valence-electron chi connectivity index (χ0n) is 11.8. The number of carboxylic acid groups (broad SMARTS) is 1. The second-order valence-corrected chi connectivity index (χ2v) is 5.75. The van der Waals surface area contributed by atoms with Crippen LogP contribution in [0.2, 0.25) is 0 Å². The number of carbonyl (C=O) groups is 2. The van der Waals surface area contributed by atoms with E-state index in [-0.39, 0.29) is 12.5 Å². The first kappa shape index (κ1) is 15.8. The van der Waals surface area contributed by atoms with Crippen molar-refractivity contribution in [3.63, 3.8) is 0 Å². The van der Waals surface area contributed by atoms with Crippen LogP contribution in [0, 0.1) is 0 Å². The van der Waals surface area contributed by atoms with Crippen LogP contribution in [0.1, 0.15) is 46.5 Å². The van der Waals surface area contributed by atoms with Gasteiger partial charge in [-0.1, -0.05) is 0 Å². The largest absolute Gasteiger partial charge is 0.480 e. The number of alkyl carbamates (subject to hydrolysis) is 1. The first-order valence-electron chi connectivity index (χ1n) is 6.62. The topological polar surface area (TPSA) is 84.9 Å². The number of rotatable bonds is 6. The van der Waals surface area contributed by atoms with E-state index in [0.29, 0.717) is 6.61 Å². The molecule has 0 saturated heterocycles. The molecular formula is C13H23NO5. The lowest BCUT2D eigenvalue weighted by Crippen LogP contribution is -2.44. The number of amides is 1. The highest BCUT2D eigenvalue weighted by Gasteiger charge is 2.25. The molecule has 0 spiro atoms. The van der Waals surface area contributed by atoms with Gasteiger partial charge in [0.1, 0.15) is 11.6 Å². The number of nitrogens with one attached hydrogen (secondary N) is 1. The Hall–Kier alpha value is -1.30. The third-order valence-corrected chi connectivity index (χ3v) is 2.80. The molecule has 0 aromatic rings. The molecule has 6 nitrogen and oxygen atoms in total. The SMILES string of the molecule is CC(C)(C)OC(=O)NC(CCOC1CCC1)C(=O)O. The van der Waals surface area contributed by atoms with Gasteiger partial charge in [0.05, 0.1) is 6.10 Å². The summed E-state index contributed by atoms with van der Waals surface area (Å²) in [6.45, 7) is 5.50. The minimum atomic E-state index is -1.08. The molecule has 1 fully saturated rings. The van der Waals surface area contributed by atoms with Crippen molar-refractivity contribution < 1.29 is 24.2 Å². The van der Waals surface area contributed by atoms with Crippen molar-refractivity contribution in [3.05, 3.63) is 0 Å². The monoisotopic (exact) mass is 273 g/mol. The Labute approximate surface area is 113 Å². The van der Waals surface area contributed by atoms with Crippen LogP contribution in [-0.4, -0.2) is 41.5 Å². The first-order valence-corrected chi connectivity index (χ1v) is 6.62. The molecule has 110 valence electrons. The van der Waals surface area contributed by atoms with Gasteiger partial charge in [-0.05, 0) is 40.0 Å². The number of aliphatic carboxylic acids is 1. The summed E-state index contributed by atoms with van der Waals surface area (Å²) in [4.78, 5) is 22.5. The zero-order chi connectivity index (χ0) is 14.5. The van der Waals surface area contributed by atoms with Crippen molar-refractivity contribution in [3.8, 4) is 0 Å². The molecule has 0 aromatic heterocycles. The van der Waals surface area contributed by atoms with Gasteiger partial charge in [0.25, 0.3) is 0 Å². The predicted octanol–water partition coefficient (Wildman–Crippen LogP) is 1.92. The third-order valence-electron chi connectivity index (χ3n) is 2.80. The molecule has 1 aliphatic rings. The number of hydrogen-bond acceptors (Lipinski definition) is 4. The van der Waals surface area contributed by atoms with Crippen LogP contribution in [0.3, 0.4) is 0 Å². The van der Waals surface area contributed by atoms with E-state index in [1.165, 1.54) is 6.42 Å². The van der Waals surface area contributed by atoms with E-state index < -0.39 is 23.7 Å². The van der Waals surface area contributed by atoms with Gasteiger partial charge in [-0.15, -0.1) is 0 Å². The maximum atomic E-state index is 11.5. The minimum Gasteiger partial charge on any atom is -0.480 e. The Balaban J connectivity index is 2.30. The van der Waals surface area contributed by atoms with Gasteiger partial charge >= 0.3 is 12.1 Å².